The first kappa shape index (κ1) is 35.4. The Morgan fingerprint density at radius 2 is 1.49 bits per heavy atom. The van der Waals surface area contributed by atoms with Gasteiger partial charge in [-0.3, -0.25) is 9.00 Å². The Kier molecular flexibility index (Phi) is 11.8. The Hall–Kier alpha value is -1.76. The van der Waals surface area contributed by atoms with Gasteiger partial charge in [-0.1, -0.05) is 72.9 Å². The van der Waals surface area contributed by atoms with Crippen molar-refractivity contribution in [3.63, 3.8) is 0 Å². The minimum atomic E-state index is -5.10. The molecule has 0 aliphatic heterocycles. The molecule has 0 saturated carbocycles. The number of alkyl halides is 9. The van der Waals surface area contributed by atoms with Crippen LogP contribution in [0.3, 0.4) is 0 Å². The summed E-state index contributed by atoms with van der Waals surface area (Å²) in [6, 6.07) is 4.13. The van der Waals surface area contributed by atoms with Gasteiger partial charge >= 0.3 is 18.5 Å². The Balaban J connectivity index is 2.42. The molecule has 0 amide bonds. The van der Waals surface area contributed by atoms with Gasteiger partial charge in [-0.25, -0.2) is 0 Å². The van der Waals surface area contributed by atoms with E-state index in [4.69, 9.17) is 34.8 Å². The van der Waals surface area contributed by atoms with Crippen molar-refractivity contribution in [2.75, 3.05) is 11.5 Å². The Bertz CT molecular complexity index is 1280. The minimum Gasteiger partial charge on any atom is -0.294 e. The van der Waals surface area contributed by atoms with E-state index in [9.17, 15) is 48.5 Å². The third kappa shape index (κ3) is 10.5. The number of hydrogen-bond acceptors (Lipinski definition) is 2. The summed E-state index contributed by atoms with van der Waals surface area (Å²) in [6.45, 7) is 3.05. The highest BCUT2D eigenvalue weighted by molar-refractivity contribution is 7.85. The molecule has 2 aromatic rings. The second-order valence-electron chi connectivity index (χ2n) is 9.48. The number of halogens is 12. The van der Waals surface area contributed by atoms with Crippen molar-refractivity contribution in [1.29, 1.82) is 0 Å². The van der Waals surface area contributed by atoms with Crippen molar-refractivity contribution in [3.05, 3.63) is 73.7 Å². The fraction of sp³-hybridized carbons (Fsp3) is 0.423. The van der Waals surface area contributed by atoms with Crippen LogP contribution in [0.15, 0.2) is 36.4 Å². The average Bonchev–Trinajstić information content (AvgIpc) is 2.79. The van der Waals surface area contributed by atoms with E-state index >= 15 is 0 Å². The highest BCUT2D eigenvalue weighted by Crippen LogP contribution is 2.41. The van der Waals surface area contributed by atoms with Crippen LogP contribution in [0.2, 0.25) is 15.1 Å². The molecule has 0 heterocycles. The van der Waals surface area contributed by atoms with E-state index < -0.39 is 87.5 Å². The van der Waals surface area contributed by atoms with Gasteiger partial charge in [0.1, 0.15) is 5.75 Å². The standard InChI is InChI=1S/C26H22Cl3F9O2S/c1-13(2)16(11-41(40)12-24(30,31)32)10-22(39)17-5-3-14(7-19(17)26(36,37)38)4-6-18(25(33,34)35)15-8-20(27)23(29)21(28)9-15/h3-9,13,16,18H,10-12H2,1-2H3/b6-4+/t16-,18?,41?/m0/s1. The van der Waals surface area contributed by atoms with E-state index in [1.165, 1.54) is 13.8 Å². The fourth-order valence-corrected chi connectivity index (χ4v) is 5.91. The molecule has 2 rings (SSSR count). The van der Waals surface area contributed by atoms with Crippen molar-refractivity contribution in [3.8, 4) is 0 Å². The lowest BCUT2D eigenvalue weighted by Gasteiger charge is -2.21. The van der Waals surface area contributed by atoms with Crippen LogP contribution in [-0.4, -0.2) is 33.9 Å². The number of carbonyl (C=O) groups excluding carboxylic acids is 1. The van der Waals surface area contributed by atoms with E-state index in [-0.39, 0.29) is 20.6 Å². The second-order valence-corrected chi connectivity index (χ2v) is 12.2. The average molecular weight is 676 g/mol. The number of rotatable bonds is 10. The summed E-state index contributed by atoms with van der Waals surface area (Å²) in [7, 11) is -2.40. The predicted molar refractivity (Wildman–Crippen MR) is 142 cm³/mol. The lowest BCUT2D eigenvalue weighted by molar-refractivity contribution is -0.139. The molecule has 2 unspecified atom stereocenters. The smallest absolute Gasteiger partial charge is 0.294 e. The highest BCUT2D eigenvalue weighted by atomic mass is 35.5. The van der Waals surface area contributed by atoms with E-state index in [0.717, 1.165) is 30.3 Å². The second kappa shape index (κ2) is 13.7. The first-order chi connectivity index (χ1) is 18.6. The third-order valence-corrected chi connectivity index (χ3v) is 8.61. The molecule has 0 aromatic heterocycles. The SMILES string of the molecule is CC(C)[C@@H](CC(=O)c1ccc(/C=C/C(c2cc(Cl)c(Cl)c(Cl)c2)C(F)(F)F)cc1C(F)(F)F)CS(=O)CC(F)(F)F. The Morgan fingerprint density at radius 3 is 1.95 bits per heavy atom. The lowest BCUT2D eigenvalue weighted by atomic mass is 9.88. The maximum atomic E-state index is 13.9. The molecule has 0 fully saturated rings. The Morgan fingerprint density at radius 1 is 0.927 bits per heavy atom. The summed E-state index contributed by atoms with van der Waals surface area (Å²) < 4.78 is 133. The molecule has 3 atom stereocenters. The summed E-state index contributed by atoms with van der Waals surface area (Å²) in [5, 5.41) is -0.703. The van der Waals surface area contributed by atoms with Crippen LogP contribution in [0.1, 0.15) is 53.2 Å². The maximum Gasteiger partial charge on any atom is 0.417 e. The van der Waals surface area contributed by atoms with Crippen molar-refractivity contribution in [2.24, 2.45) is 11.8 Å². The van der Waals surface area contributed by atoms with Gasteiger partial charge in [0.25, 0.3) is 0 Å². The van der Waals surface area contributed by atoms with Crippen molar-refractivity contribution < 1.29 is 48.5 Å². The molecule has 0 bridgehead atoms. The van der Waals surface area contributed by atoms with Gasteiger partial charge < -0.3 is 0 Å². The molecule has 15 heteroatoms. The molecule has 0 aliphatic carbocycles. The molecule has 0 saturated heterocycles. The van der Waals surface area contributed by atoms with Gasteiger partial charge in [0.15, 0.2) is 5.78 Å². The molecule has 0 aliphatic rings. The van der Waals surface area contributed by atoms with Gasteiger partial charge in [0, 0.05) is 28.5 Å². The summed E-state index contributed by atoms with van der Waals surface area (Å²) in [5.74, 6) is -6.96. The molecular weight excluding hydrogens is 654 g/mol. The molecule has 0 spiro atoms. The zero-order valence-corrected chi connectivity index (χ0v) is 24.2. The van der Waals surface area contributed by atoms with Crippen LogP contribution in [0, 0.1) is 11.8 Å². The topological polar surface area (TPSA) is 34.1 Å². The van der Waals surface area contributed by atoms with Crippen molar-refractivity contribution >= 4 is 57.5 Å². The molecule has 0 N–H and O–H groups in total. The zero-order chi connectivity index (χ0) is 31.5. The van der Waals surface area contributed by atoms with Crippen molar-refractivity contribution in [1.82, 2.24) is 0 Å². The predicted octanol–water partition coefficient (Wildman–Crippen LogP) is 10.2. The fourth-order valence-electron chi connectivity index (χ4n) is 3.83. The van der Waals surface area contributed by atoms with Gasteiger partial charge in [-0.2, -0.15) is 39.5 Å². The normalized spacial score (nSPS) is 15.4. The Labute approximate surface area is 247 Å². The zero-order valence-electron chi connectivity index (χ0n) is 21.2. The third-order valence-electron chi connectivity index (χ3n) is 5.96. The minimum absolute atomic E-state index is 0.177. The summed E-state index contributed by atoms with van der Waals surface area (Å²) >= 11 is 17.4. The first-order valence-corrected chi connectivity index (χ1v) is 14.3. The summed E-state index contributed by atoms with van der Waals surface area (Å²) in [5.41, 5.74) is -2.99. The highest BCUT2D eigenvalue weighted by Gasteiger charge is 2.40. The lowest BCUT2D eigenvalue weighted by Crippen LogP contribution is -2.27. The number of ketones is 1. The van der Waals surface area contributed by atoms with E-state index in [2.05, 4.69) is 0 Å². The van der Waals surface area contributed by atoms with Crippen LogP contribution in [0.4, 0.5) is 39.5 Å². The number of hydrogen-bond donors (Lipinski definition) is 0. The number of carbonyl (C=O) groups is 1. The number of allylic oxidation sites excluding steroid dienone is 1. The van der Waals surface area contributed by atoms with Crippen LogP contribution in [0.5, 0.6) is 0 Å². The quantitative estimate of drug-likeness (QED) is 0.143. The molecule has 41 heavy (non-hydrogen) atoms. The first-order valence-electron chi connectivity index (χ1n) is 11.7. The maximum absolute atomic E-state index is 13.9. The van der Waals surface area contributed by atoms with Crippen molar-refractivity contribution in [2.45, 2.75) is 44.7 Å². The monoisotopic (exact) mass is 674 g/mol. The number of benzene rings is 2. The summed E-state index contributed by atoms with van der Waals surface area (Å²) in [6.07, 6.45) is -13.9. The van der Waals surface area contributed by atoms with E-state index in [1.54, 1.807) is 0 Å². The van der Waals surface area contributed by atoms with E-state index in [1.807, 2.05) is 0 Å². The molecule has 228 valence electrons. The molecule has 0 radical (unpaired) electrons. The molecule has 2 aromatic carbocycles. The van der Waals surface area contributed by atoms with Gasteiger partial charge in [0.05, 0.1) is 26.5 Å². The van der Waals surface area contributed by atoms with Crippen LogP contribution < -0.4 is 0 Å². The molecular formula is C26H22Cl3F9O2S. The largest absolute Gasteiger partial charge is 0.417 e. The van der Waals surface area contributed by atoms with Crippen LogP contribution in [-0.2, 0) is 17.0 Å². The van der Waals surface area contributed by atoms with E-state index in [0.29, 0.717) is 12.1 Å². The van der Waals surface area contributed by atoms with Crippen LogP contribution >= 0.6 is 34.8 Å². The van der Waals surface area contributed by atoms with Gasteiger partial charge in [0.2, 0.25) is 0 Å². The molecule has 2 nitrogen and oxygen atoms in total. The van der Waals surface area contributed by atoms with Gasteiger partial charge in [-0.15, -0.1) is 0 Å². The summed E-state index contributed by atoms with van der Waals surface area (Å²) in [4.78, 5) is 12.9. The number of Topliss-reactive ketones (excluding diaryl/α,β-unsaturated/α-hetero) is 1. The van der Waals surface area contributed by atoms with Crippen LogP contribution in [0.25, 0.3) is 6.08 Å². The van der Waals surface area contributed by atoms with Gasteiger partial charge in [-0.05, 0) is 41.2 Å².